The highest BCUT2D eigenvalue weighted by atomic mass is 32.3. The highest BCUT2D eigenvalue weighted by molar-refractivity contribution is 8.33. The lowest BCUT2D eigenvalue weighted by Gasteiger charge is -2.38. The molecule has 0 radical (unpaired) electrons. The Hall–Kier alpha value is -4.96. The number of nitrogens with zero attached hydrogens (tertiary/aromatic N) is 1. The summed E-state index contributed by atoms with van der Waals surface area (Å²) in [6, 6.07) is 69.5. The Morgan fingerprint density at radius 1 is 0.319 bits per heavy atom. The first kappa shape index (κ1) is 29.4. The molecular formula is C44H37NS2. The summed E-state index contributed by atoms with van der Waals surface area (Å²) in [5.41, 5.74) is 3.63. The Bertz CT molecular complexity index is 2070. The fraction of sp³-hybridized carbons (Fsp3) is 0.0455. The topological polar surface area (TPSA) is 4.93 Å². The van der Waals surface area contributed by atoms with Gasteiger partial charge in [0.1, 0.15) is 0 Å². The van der Waals surface area contributed by atoms with Crippen LogP contribution in [0.25, 0.3) is 27.5 Å². The van der Waals surface area contributed by atoms with Gasteiger partial charge in [-0.2, -0.15) is 20.1 Å². The van der Waals surface area contributed by atoms with Crippen LogP contribution < -0.4 is 0 Å². The van der Waals surface area contributed by atoms with Crippen LogP contribution in [-0.4, -0.2) is 17.1 Å². The molecule has 8 aromatic rings. The van der Waals surface area contributed by atoms with Crippen LogP contribution in [0.15, 0.2) is 217 Å². The molecule has 1 heterocycles. The molecule has 1 nitrogen and oxygen atoms in total. The molecule has 0 fully saturated rings. The molecule has 0 saturated carbocycles. The van der Waals surface area contributed by atoms with Crippen molar-refractivity contribution in [2.24, 2.45) is 0 Å². The maximum Gasteiger partial charge on any atom is 0.0541 e. The Balaban J connectivity index is 1.44. The zero-order valence-electron chi connectivity index (χ0n) is 26.7. The maximum absolute atomic E-state index is 2.49. The zero-order valence-corrected chi connectivity index (χ0v) is 28.3. The molecule has 0 bridgehead atoms. The number of rotatable bonds is 7. The van der Waals surface area contributed by atoms with Gasteiger partial charge in [-0.3, -0.25) is 0 Å². The van der Waals surface area contributed by atoms with Crippen LogP contribution in [-0.2, 0) is 0 Å². The lowest BCUT2D eigenvalue weighted by molar-refractivity contribution is 1.17. The van der Waals surface area contributed by atoms with Gasteiger partial charge in [0.2, 0.25) is 0 Å². The van der Waals surface area contributed by atoms with Gasteiger partial charge in [0, 0.05) is 16.5 Å². The van der Waals surface area contributed by atoms with Gasteiger partial charge in [0.15, 0.2) is 0 Å². The van der Waals surface area contributed by atoms with Crippen LogP contribution in [0.1, 0.15) is 0 Å². The van der Waals surface area contributed by atoms with Crippen molar-refractivity contribution in [3.05, 3.63) is 188 Å². The van der Waals surface area contributed by atoms with Crippen molar-refractivity contribution in [3.8, 4) is 5.69 Å². The Morgan fingerprint density at radius 2 is 0.617 bits per heavy atom. The molecule has 0 N–H and O–H groups in total. The van der Waals surface area contributed by atoms with Crippen molar-refractivity contribution >= 4 is 41.9 Å². The van der Waals surface area contributed by atoms with Gasteiger partial charge in [0.05, 0.1) is 11.0 Å². The lowest BCUT2D eigenvalue weighted by atomic mass is 10.1. The van der Waals surface area contributed by atoms with Crippen LogP contribution in [0, 0.1) is 0 Å². The van der Waals surface area contributed by atoms with Gasteiger partial charge in [-0.1, -0.05) is 91.0 Å². The molecule has 47 heavy (non-hydrogen) atoms. The molecule has 0 atom stereocenters. The molecule has 0 saturated heterocycles. The van der Waals surface area contributed by atoms with Crippen LogP contribution in [0.2, 0.25) is 0 Å². The van der Waals surface area contributed by atoms with Crippen molar-refractivity contribution in [2.75, 3.05) is 12.5 Å². The standard InChI is InChI=1S/C44H37NS2/c1-46(35-20-10-4-11-21-35,36-22-12-5-13-23-36)39-28-30-43-41(32-39)42-33-40(29-31-44(42)45(43)34-18-8-3-9-19-34)47(2,37-24-14-6-15-25-37)38-26-16-7-17-27-38/h3-33H,1-2H3. The number of hydrogen-bond donors (Lipinski definition) is 0. The van der Waals surface area contributed by atoms with Crippen molar-refractivity contribution in [3.63, 3.8) is 0 Å². The quantitative estimate of drug-likeness (QED) is 0.163. The zero-order chi connectivity index (χ0) is 31.8. The van der Waals surface area contributed by atoms with E-state index < -0.39 is 20.1 Å². The molecule has 230 valence electrons. The smallest absolute Gasteiger partial charge is 0.0541 e. The van der Waals surface area contributed by atoms with Crippen LogP contribution in [0.5, 0.6) is 0 Å². The van der Waals surface area contributed by atoms with E-state index in [1.807, 2.05) is 0 Å². The van der Waals surface area contributed by atoms with Crippen LogP contribution >= 0.6 is 20.1 Å². The summed E-state index contributed by atoms with van der Waals surface area (Å²) >= 11 is 0. The van der Waals surface area contributed by atoms with Crippen molar-refractivity contribution in [1.29, 1.82) is 0 Å². The second-order valence-corrected chi connectivity index (χ2v) is 18.6. The summed E-state index contributed by atoms with van der Waals surface area (Å²) in [6.07, 6.45) is 4.90. The number of hydrogen-bond acceptors (Lipinski definition) is 0. The van der Waals surface area contributed by atoms with E-state index in [-0.39, 0.29) is 0 Å². The van der Waals surface area contributed by atoms with Gasteiger partial charge in [0.25, 0.3) is 0 Å². The average Bonchev–Trinajstić information content (AvgIpc) is 3.49. The van der Waals surface area contributed by atoms with Crippen molar-refractivity contribution < 1.29 is 0 Å². The van der Waals surface area contributed by atoms with Crippen molar-refractivity contribution in [1.82, 2.24) is 4.57 Å². The van der Waals surface area contributed by atoms with Gasteiger partial charge in [-0.15, -0.1) is 0 Å². The molecular weight excluding hydrogens is 607 g/mol. The van der Waals surface area contributed by atoms with Gasteiger partial charge >= 0.3 is 0 Å². The summed E-state index contributed by atoms with van der Waals surface area (Å²) in [7, 11) is -3.04. The molecule has 0 aliphatic heterocycles. The summed E-state index contributed by atoms with van der Waals surface area (Å²) in [6.45, 7) is 0. The summed E-state index contributed by atoms with van der Waals surface area (Å²) in [5.74, 6) is 0. The molecule has 7 aromatic carbocycles. The minimum Gasteiger partial charge on any atom is -0.309 e. The first-order valence-electron chi connectivity index (χ1n) is 16.0. The van der Waals surface area contributed by atoms with Gasteiger partial charge in [-0.25, -0.2) is 0 Å². The number of benzene rings is 7. The SMILES string of the molecule is CS(c1ccccc1)(c1ccccc1)c1ccc2c(c1)c1cc(S(C)(c3ccccc3)c3ccccc3)ccc1n2-c1ccccc1. The van der Waals surface area contributed by atoms with E-state index in [0.717, 1.165) is 0 Å². The third-order valence-corrected chi connectivity index (χ3v) is 16.8. The number of para-hydroxylation sites is 1. The summed E-state index contributed by atoms with van der Waals surface area (Å²) in [5, 5.41) is 2.58. The van der Waals surface area contributed by atoms with Crippen molar-refractivity contribution in [2.45, 2.75) is 29.4 Å². The highest BCUT2D eigenvalue weighted by Crippen LogP contribution is 2.67. The first-order chi connectivity index (χ1) is 23.1. The summed E-state index contributed by atoms with van der Waals surface area (Å²) < 4.78 is 2.44. The number of aromatic nitrogens is 1. The predicted octanol–water partition coefficient (Wildman–Crippen LogP) is 12.6. The molecule has 0 aliphatic rings. The van der Waals surface area contributed by atoms with Gasteiger partial charge in [-0.05, 0) is 139 Å². The minimum atomic E-state index is -1.52. The first-order valence-corrected chi connectivity index (χ1v) is 20.1. The Labute approximate surface area is 280 Å². The lowest BCUT2D eigenvalue weighted by Crippen LogP contribution is -2.01. The summed E-state index contributed by atoms with van der Waals surface area (Å²) in [4.78, 5) is 8.18. The normalized spacial score (nSPS) is 12.7. The Kier molecular flexibility index (Phi) is 7.52. The van der Waals surface area contributed by atoms with E-state index in [1.165, 1.54) is 56.9 Å². The van der Waals surface area contributed by atoms with E-state index in [9.17, 15) is 0 Å². The van der Waals surface area contributed by atoms with Crippen LogP contribution in [0.3, 0.4) is 0 Å². The van der Waals surface area contributed by atoms with E-state index in [0.29, 0.717) is 0 Å². The minimum absolute atomic E-state index is 1.18. The average molecular weight is 644 g/mol. The molecule has 0 aliphatic carbocycles. The second-order valence-electron chi connectivity index (χ2n) is 12.1. The molecule has 0 unspecified atom stereocenters. The van der Waals surface area contributed by atoms with E-state index >= 15 is 0 Å². The van der Waals surface area contributed by atoms with E-state index in [2.05, 4.69) is 205 Å². The third-order valence-electron chi connectivity index (χ3n) is 9.52. The second kappa shape index (κ2) is 12.0. The third kappa shape index (κ3) is 4.90. The number of fused-ring (bicyclic) bond motifs is 3. The van der Waals surface area contributed by atoms with E-state index in [4.69, 9.17) is 0 Å². The largest absolute Gasteiger partial charge is 0.309 e. The van der Waals surface area contributed by atoms with Crippen LogP contribution in [0.4, 0.5) is 0 Å². The molecule has 1 aromatic heterocycles. The molecule has 0 amide bonds. The van der Waals surface area contributed by atoms with Gasteiger partial charge < -0.3 is 4.57 Å². The van der Waals surface area contributed by atoms with E-state index in [1.54, 1.807) is 0 Å². The highest BCUT2D eigenvalue weighted by Gasteiger charge is 2.29. The predicted molar refractivity (Wildman–Crippen MR) is 203 cm³/mol. The fourth-order valence-corrected chi connectivity index (χ4v) is 12.8. The monoisotopic (exact) mass is 643 g/mol. The molecule has 8 rings (SSSR count). The maximum atomic E-state index is 2.49. The molecule has 3 heteroatoms. The Morgan fingerprint density at radius 3 is 0.936 bits per heavy atom. The molecule has 0 spiro atoms. The fourth-order valence-electron chi connectivity index (χ4n) is 6.93.